The molecule has 13 heavy (non-hydrogen) atoms. The minimum atomic E-state index is -0.0826. The molecule has 0 saturated heterocycles. The van der Waals surface area contributed by atoms with Crippen molar-refractivity contribution >= 4 is 11.7 Å². The van der Waals surface area contributed by atoms with Gasteiger partial charge < -0.3 is 15.2 Å². The van der Waals surface area contributed by atoms with Crippen molar-refractivity contribution in [3.63, 3.8) is 0 Å². The maximum absolute atomic E-state index is 11.2. The van der Waals surface area contributed by atoms with Crippen molar-refractivity contribution in [1.29, 1.82) is 0 Å². The highest BCUT2D eigenvalue weighted by atomic mass is 16.5. The molecule has 70 valence electrons. The van der Waals surface area contributed by atoms with Gasteiger partial charge in [0.05, 0.1) is 6.54 Å². The molecule has 0 aromatic carbocycles. The molecule has 5 nitrogen and oxygen atoms in total. The average Bonchev–Trinajstić information content (AvgIpc) is 2.82. The topological polar surface area (TPSA) is 67.2 Å². The van der Waals surface area contributed by atoms with Crippen LogP contribution in [0.1, 0.15) is 12.8 Å². The molecule has 1 aromatic heterocycles. The molecule has 0 bridgehead atoms. The van der Waals surface area contributed by atoms with Crippen LogP contribution in [-0.4, -0.2) is 23.7 Å². The van der Waals surface area contributed by atoms with E-state index in [-0.39, 0.29) is 5.91 Å². The molecular weight excluding hydrogens is 170 g/mol. The van der Waals surface area contributed by atoms with Crippen LogP contribution < -0.4 is 10.6 Å². The molecule has 1 aliphatic rings. The van der Waals surface area contributed by atoms with E-state index in [1.807, 2.05) is 0 Å². The van der Waals surface area contributed by atoms with E-state index in [1.165, 1.54) is 19.1 Å². The number of hydrogen-bond donors (Lipinski definition) is 2. The van der Waals surface area contributed by atoms with Crippen molar-refractivity contribution in [2.45, 2.75) is 18.9 Å². The first-order chi connectivity index (χ1) is 6.34. The van der Waals surface area contributed by atoms with E-state index in [1.54, 1.807) is 6.07 Å². The number of nitrogens with one attached hydrogen (secondary N) is 2. The zero-order valence-corrected chi connectivity index (χ0v) is 7.12. The van der Waals surface area contributed by atoms with E-state index in [4.69, 9.17) is 0 Å². The lowest BCUT2D eigenvalue weighted by molar-refractivity contribution is -0.115. The molecule has 2 N–H and O–H groups in total. The van der Waals surface area contributed by atoms with Crippen molar-refractivity contribution in [3.8, 4) is 0 Å². The largest absolute Gasteiger partial charge is 0.363 e. The second-order valence-corrected chi connectivity index (χ2v) is 3.09. The normalized spacial score (nSPS) is 15.7. The van der Waals surface area contributed by atoms with Crippen LogP contribution in [0.15, 0.2) is 16.9 Å². The third-order valence-corrected chi connectivity index (χ3v) is 1.83. The Morgan fingerprint density at radius 2 is 2.54 bits per heavy atom. The van der Waals surface area contributed by atoms with Gasteiger partial charge in [0.15, 0.2) is 5.82 Å². The molecule has 0 unspecified atom stereocenters. The maximum atomic E-state index is 11.2. The lowest BCUT2D eigenvalue weighted by Gasteiger charge is -2.01. The van der Waals surface area contributed by atoms with Crippen molar-refractivity contribution in [3.05, 3.63) is 12.3 Å². The second-order valence-electron chi connectivity index (χ2n) is 3.09. The van der Waals surface area contributed by atoms with Crippen LogP contribution >= 0.6 is 0 Å². The summed E-state index contributed by atoms with van der Waals surface area (Å²) >= 11 is 0. The van der Waals surface area contributed by atoms with Gasteiger partial charge in [0.1, 0.15) is 6.26 Å². The van der Waals surface area contributed by atoms with Gasteiger partial charge in [-0.05, 0) is 12.8 Å². The third kappa shape index (κ3) is 2.55. The number of rotatable bonds is 4. The van der Waals surface area contributed by atoms with Gasteiger partial charge in [-0.15, -0.1) is 0 Å². The summed E-state index contributed by atoms with van der Waals surface area (Å²) in [6, 6.07) is 2.15. The summed E-state index contributed by atoms with van der Waals surface area (Å²) in [5.74, 6) is 0.378. The molecule has 1 saturated carbocycles. The fourth-order valence-corrected chi connectivity index (χ4v) is 0.989. The van der Waals surface area contributed by atoms with Crippen LogP contribution in [0.3, 0.4) is 0 Å². The number of aromatic nitrogens is 1. The number of hydrogen-bond acceptors (Lipinski definition) is 4. The lowest BCUT2D eigenvalue weighted by atomic mass is 10.5. The minimum Gasteiger partial charge on any atom is -0.363 e. The highest BCUT2D eigenvalue weighted by Gasteiger charge is 2.21. The number of anilines is 1. The first-order valence-electron chi connectivity index (χ1n) is 4.28. The number of carbonyl (C=O) groups excluding carboxylic acids is 1. The quantitative estimate of drug-likeness (QED) is 0.704. The summed E-state index contributed by atoms with van der Waals surface area (Å²) in [6.45, 7) is 0.345. The van der Waals surface area contributed by atoms with E-state index in [0.29, 0.717) is 18.4 Å². The maximum Gasteiger partial charge on any atom is 0.239 e. The number of nitrogens with zero attached hydrogens (tertiary/aromatic N) is 1. The zero-order chi connectivity index (χ0) is 9.10. The molecule has 1 amide bonds. The second kappa shape index (κ2) is 3.57. The van der Waals surface area contributed by atoms with Gasteiger partial charge in [-0.3, -0.25) is 4.79 Å². The van der Waals surface area contributed by atoms with Crippen LogP contribution in [0.2, 0.25) is 0 Å². The smallest absolute Gasteiger partial charge is 0.239 e. The van der Waals surface area contributed by atoms with Crippen LogP contribution in [-0.2, 0) is 4.79 Å². The molecule has 1 heterocycles. The van der Waals surface area contributed by atoms with Gasteiger partial charge >= 0.3 is 0 Å². The molecule has 1 fully saturated rings. The van der Waals surface area contributed by atoms with Crippen LogP contribution in [0.25, 0.3) is 0 Å². The average molecular weight is 181 g/mol. The van der Waals surface area contributed by atoms with E-state index < -0.39 is 0 Å². The molecule has 0 atom stereocenters. The predicted octanol–water partition coefficient (Wildman–Crippen LogP) is 0.365. The van der Waals surface area contributed by atoms with Gasteiger partial charge in [-0.25, -0.2) is 0 Å². The fourth-order valence-electron chi connectivity index (χ4n) is 0.989. The van der Waals surface area contributed by atoms with Crippen molar-refractivity contribution < 1.29 is 9.32 Å². The molecule has 0 spiro atoms. The first-order valence-corrected chi connectivity index (χ1v) is 4.28. The highest BCUT2D eigenvalue weighted by molar-refractivity contribution is 5.91. The Morgan fingerprint density at radius 1 is 1.69 bits per heavy atom. The van der Waals surface area contributed by atoms with E-state index in [9.17, 15) is 4.79 Å². The predicted molar refractivity (Wildman–Crippen MR) is 46.2 cm³/mol. The van der Waals surface area contributed by atoms with Crippen molar-refractivity contribution in [2.75, 3.05) is 11.9 Å². The van der Waals surface area contributed by atoms with Crippen molar-refractivity contribution in [2.24, 2.45) is 0 Å². The van der Waals surface area contributed by atoms with E-state index in [0.717, 1.165) is 0 Å². The van der Waals surface area contributed by atoms with Crippen LogP contribution in [0, 0.1) is 0 Å². The summed E-state index contributed by atoms with van der Waals surface area (Å²) in [7, 11) is 0. The van der Waals surface area contributed by atoms with E-state index in [2.05, 4.69) is 20.3 Å². The van der Waals surface area contributed by atoms with Gasteiger partial charge in [0.25, 0.3) is 0 Å². The first kappa shape index (κ1) is 8.25. The van der Waals surface area contributed by atoms with Gasteiger partial charge in [-0.1, -0.05) is 5.16 Å². The monoisotopic (exact) mass is 181 g/mol. The number of carbonyl (C=O) groups is 1. The molecule has 0 radical (unpaired) electrons. The summed E-state index contributed by atoms with van der Waals surface area (Å²) < 4.78 is 4.57. The Hall–Kier alpha value is -1.36. The summed E-state index contributed by atoms with van der Waals surface area (Å²) in [5.41, 5.74) is 0. The highest BCUT2D eigenvalue weighted by Crippen LogP contribution is 2.17. The van der Waals surface area contributed by atoms with Gasteiger partial charge in [0, 0.05) is 12.1 Å². The molecular formula is C8H11N3O2. The Kier molecular flexibility index (Phi) is 2.27. The Balaban J connectivity index is 1.71. The zero-order valence-electron chi connectivity index (χ0n) is 7.12. The lowest BCUT2D eigenvalue weighted by Crippen LogP contribution is -2.29. The molecule has 5 heteroatoms. The Bertz CT molecular complexity index is 280. The Labute approximate surface area is 75.5 Å². The van der Waals surface area contributed by atoms with E-state index >= 15 is 0 Å². The number of amides is 1. The standard InChI is InChI=1S/C8H11N3O2/c12-8(5-9-6-1-2-6)10-7-3-4-13-11-7/h3-4,6,9H,1-2,5H2,(H,10,11,12). The Morgan fingerprint density at radius 3 is 3.15 bits per heavy atom. The summed E-state index contributed by atoms with van der Waals surface area (Å²) in [4.78, 5) is 11.2. The molecule has 1 aromatic rings. The fraction of sp³-hybridized carbons (Fsp3) is 0.500. The minimum absolute atomic E-state index is 0.0826. The third-order valence-electron chi connectivity index (χ3n) is 1.83. The summed E-state index contributed by atoms with van der Waals surface area (Å²) in [5, 5.41) is 9.26. The summed E-state index contributed by atoms with van der Waals surface area (Å²) in [6.07, 6.45) is 3.78. The van der Waals surface area contributed by atoms with Gasteiger partial charge in [-0.2, -0.15) is 0 Å². The van der Waals surface area contributed by atoms with Crippen LogP contribution in [0.4, 0.5) is 5.82 Å². The van der Waals surface area contributed by atoms with Gasteiger partial charge in [0.2, 0.25) is 5.91 Å². The molecule has 1 aliphatic carbocycles. The molecule has 2 rings (SSSR count). The van der Waals surface area contributed by atoms with Crippen LogP contribution in [0.5, 0.6) is 0 Å². The SMILES string of the molecule is O=C(CNC1CC1)Nc1ccon1. The molecule has 0 aliphatic heterocycles. The van der Waals surface area contributed by atoms with Crippen molar-refractivity contribution in [1.82, 2.24) is 10.5 Å².